The van der Waals surface area contributed by atoms with Gasteiger partial charge in [0.05, 0.1) is 19.8 Å². The smallest absolute Gasteiger partial charge is 0.191 e. The minimum Gasteiger partial charge on any atom is -0.379 e. The lowest BCUT2D eigenvalue weighted by molar-refractivity contribution is 0.0376. The topological polar surface area (TPSA) is 48.9 Å². The van der Waals surface area contributed by atoms with Crippen molar-refractivity contribution < 1.29 is 9.13 Å². The first-order chi connectivity index (χ1) is 11.7. The predicted octanol–water partition coefficient (Wildman–Crippen LogP) is 2.98. The highest BCUT2D eigenvalue weighted by molar-refractivity contribution is 14.0. The number of rotatable bonds is 7. The van der Waals surface area contributed by atoms with Crippen LogP contribution in [0.5, 0.6) is 0 Å². The molecule has 0 saturated carbocycles. The van der Waals surface area contributed by atoms with Crippen LogP contribution in [0.1, 0.15) is 18.9 Å². The fraction of sp³-hybridized carbons (Fsp3) is 0.588. The second-order valence-electron chi connectivity index (χ2n) is 5.67. The Hall–Kier alpha value is -0.450. The van der Waals surface area contributed by atoms with E-state index < -0.39 is 0 Å². The van der Waals surface area contributed by atoms with Crippen LogP contribution in [0.2, 0.25) is 0 Å². The van der Waals surface area contributed by atoms with Crippen LogP contribution in [0.4, 0.5) is 4.39 Å². The summed E-state index contributed by atoms with van der Waals surface area (Å²) in [6.07, 6.45) is 1.04. The second kappa shape index (κ2) is 12.8. The highest BCUT2D eigenvalue weighted by atomic mass is 127. The Morgan fingerprint density at radius 3 is 2.76 bits per heavy atom. The molecule has 0 unspecified atom stereocenters. The summed E-state index contributed by atoms with van der Waals surface area (Å²) in [5.74, 6) is 0.484. The molecule has 1 aliphatic heterocycles. The summed E-state index contributed by atoms with van der Waals surface area (Å²) in [5, 5.41) is 6.51. The summed E-state index contributed by atoms with van der Waals surface area (Å²) in [6.45, 7) is 8.69. The molecule has 2 rings (SSSR count). The lowest BCUT2D eigenvalue weighted by Crippen LogP contribution is -2.40. The summed E-state index contributed by atoms with van der Waals surface area (Å²) in [7, 11) is 0. The average Bonchev–Trinajstić information content (AvgIpc) is 2.58. The first-order valence-corrected chi connectivity index (χ1v) is 9.24. The monoisotopic (exact) mass is 528 g/mol. The summed E-state index contributed by atoms with van der Waals surface area (Å²) < 4.78 is 19.9. The molecule has 142 valence electrons. The molecule has 0 aliphatic carbocycles. The number of hydrogen-bond acceptors (Lipinski definition) is 3. The van der Waals surface area contributed by atoms with E-state index in [1.807, 2.05) is 13.0 Å². The van der Waals surface area contributed by atoms with Gasteiger partial charge < -0.3 is 15.4 Å². The standard InChI is InChI=1S/C17H26BrFN4O.HI/c1-2-20-17(21-6-3-7-23-8-10-24-11-9-23)22-13-14-4-5-15(18)12-16(14)19;/h4-5,12H,2-3,6-11,13H2,1H3,(H2,20,21,22);1H. The van der Waals surface area contributed by atoms with Crippen LogP contribution in [-0.4, -0.2) is 56.8 Å². The van der Waals surface area contributed by atoms with Crippen molar-refractivity contribution in [3.8, 4) is 0 Å². The van der Waals surface area contributed by atoms with E-state index in [9.17, 15) is 4.39 Å². The third-order valence-corrected chi connectivity index (χ3v) is 4.31. The number of morpholine rings is 1. The number of ether oxygens (including phenoxy) is 1. The van der Waals surface area contributed by atoms with Crippen molar-refractivity contribution in [2.75, 3.05) is 45.9 Å². The molecule has 0 amide bonds. The third-order valence-electron chi connectivity index (χ3n) is 3.81. The van der Waals surface area contributed by atoms with Gasteiger partial charge in [-0.15, -0.1) is 24.0 Å². The first kappa shape index (κ1) is 22.6. The summed E-state index contributed by atoms with van der Waals surface area (Å²) >= 11 is 3.26. The Bertz CT molecular complexity index is 541. The molecule has 8 heteroatoms. The van der Waals surface area contributed by atoms with Gasteiger partial charge in [0.25, 0.3) is 0 Å². The maximum atomic E-state index is 13.8. The van der Waals surface area contributed by atoms with Crippen LogP contribution in [0, 0.1) is 5.82 Å². The van der Waals surface area contributed by atoms with E-state index in [4.69, 9.17) is 4.74 Å². The Labute approximate surface area is 174 Å². The van der Waals surface area contributed by atoms with E-state index in [1.165, 1.54) is 6.07 Å². The molecular formula is C17H27BrFIN4O. The van der Waals surface area contributed by atoms with Gasteiger partial charge in [-0.2, -0.15) is 0 Å². The molecule has 25 heavy (non-hydrogen) atoms. The largest absolute Gasteiger partial charge is 0.379 e. The number of nitrogens with one attached hydrogen (secondary N) is 2. The van der Waals surface area contributed by atoms with Crippen LogP contribution in [0.15, 0.2) is 27.7 Å². The molecular weight excluding hydrogens is 502 g/mol. The fourth-order valence-electron chi connectivity index (χ4n) is 2.49. The normalized spacial score (nSPS) is 15.6. The molecule has 1 fully saturated rings. The van der Waals surface area contributed by atoms with E-state index in [0.717, 1.165) is 62.8 Å². The van der Waals surface area contributed by atoms with Crippen molar-refractivity contribution in [3.05, 3.63) is 34.1 Å². The van der Waals surface area contributed by atoms with Crippen LogP contribution in [0.25, 0.3) is 0 Å². The van der Waals surface area contributed by atoms with Gasteiger partial charge in [0.2, 0.25) is 0 Å². The molecule has 0 spiro atoms. The van der Waals surface area contributed by atoms with Crippen molar-refractivity contribution in [3.63, 3.8) is 0 Å². The maximum Gasteiger partial charge on any atom is 0.191 e. The molecule has 1 saturated heterocycles. The van der Waals surface area contributed by atoms with E-state index in [2.05, 4.69) is 36.5 Å². The quantitative estimate of drug-likeness (QED) is 0.247. The minimum atomic E-state index is -0.240. The van der Waals surface area contributed by atoms with Gasteiger partial charge >= 0.3 is 0 Å². The van der Waals surface area contributed by atoms with Crippen molar-refractivity contribution in [1.29, 1.82) is 0 Å². The van der Waals surface area contributed by atoms with Crippen LogP contribution in [-0.2, 0) is 11.3 Å². The number of nitrogens with zero attached hydrogens (tertiary/aromatic N) is 2. The lowest BCUT2D eigenvalue weighted by Gasteiger charge is -2.26. The van der Waals surface area contributed by atoms with Crippen molar-refractivity contribution in [2.45, 2.75) is 19.9 Å². The van der Waals surface area contributed by atoms with Crippen LogP contribution >= 0.6 is 39.9 Å². The zero-order valence-corrected chi connectivity index (χ0v) is 18.5. The van der Waals surface area contributed by atoms with Gasteiger partial charge in [0, 0.05) is 36.2 Å². The number of aliphatic imine (C=N–C) groups is 1. The minimum absolute atomic E-state index is 0. The summed E-state index contributed by atoms with van der Waals surface area (Å²) in [5.41, 5.74) is 0.587. The summed E-state index contributed by atoms with van der Waals surface area (Å²) in [4.78, 5) is 6.87. The highest BCUT2D eigenvalue weighted by Gasteiger charge is 2.09. The van der Waals surface area contributed by atoms with Crippen molar-refractivity contribution in [2.24, 2.45) is 4.99 Å². The van der Waals surface area contributed by atoms with Crippen LogP contribution < -0.4 is 10.6 Å². The van der Waals surface area contributed by atoms with E-state index in [-0.39, 0.29) is 29.8 Å². The molecule has 0 aromatic heterocycles. The second-order valence-corrected chi connectivity index (χ2v) is 6.58. The summed E-state index contributed by atoms with van der Waals surface area (Å²) in [6, 6.07) is 5.05. The van der Waals surface area contributed by atoms with Gasteiger partial charge in [-0.25, -0.2) is 9.38 Å². The zero-order chi connectivity index (χ0) is 17.2. The van der Waals surface area contributed by atoms with Crippen LogP contribution in [0.3, 0.4) is 0 Å². The number of guanidine groups is 1. The molecule has 1 heterocycles. The van der Waals surface area contributed by atoms with E-state index >= 15 is 0 Å². The van der Waals surface area contributed by atoms with Gasteiger partial charge in [-0.05, 0) is 32.0 Å². The molecule has 0 bridgehead atoms. The van der Waals surface area contributed by atoms with E-state index in [1.54, 1.807) is 6.07 Å². The molecule has 5 nitrogen and oxygen atoms in total. The Kier molecular flexibility index (Phi) is 11.6. The molecule has 1 aromatic rings. The molecule has 0 atom stereocenters. The number of benzene rings is 1. The Morgan fingerprint density at radius 1 is 1.32 bits per heavy atom. The molecule has 0 radical (unpaired) electrons. The molecule has 2 N–H and O–H groups in total. The van der Waals surface area contributed by atoms with Crippen molar-refractivity contribution >= 4 is 45.9 Å². The highest BCUT2D eigenvalue weighted by Crippen LogP contribution is 2.15. The first-order valence-electron chi connectivity index (χ1n) is 8.45. The fourth-order valence-corrected chi connectivity index (χ4v) is 2.82. The number of halogens is 3. The molecule has 1 aliphatic rings. The number of hydrogen-bond donors (Lipinski definition) is 2. The Balaban J connectivity index is 0.00000312. The average molecular weight is 529 g/mol. The Morgan fingerprint density at radius 2 is 2.08 bits per heavy atom. The SMILES string of the molecule is CCNC(=NCc1ccc(Br)cc1F)NCCCN1CCOCC1.I. The predicted molar refractivity (Wildman–Crippen MR) is 114 cm³/mol. The maximum absolute atomic E-state index is 13.8. The van der Waals surface area contributed by atoms with E-state index in [0.29, 0.717) is 12.1 Å². The van der Waals surface area contributed by atoms with Gasteiger partial charge in [-0.1, -0.05) is 22.0 Å². The lowest BCUT2D eigenvalue weighted by atomic mass is 10.2. The van der Waals surface area contributed by atoms with Crippen molar-refractivity contribution in [1.82, 2.24) is 15.5 Å². The van der Waals surface area contributed by atoms with Gasteiger partial charge in [0.15, 0.2) is 5.96 Å². The zero-order valence-electron chi connectivity index (χ0n) is 14.6. The third kappa shape index (κ3) is 8.65. The van der Waals surface area contributed by atoms with Gasteiger partial charge in [-0.3, -0.25) is 4.90 Å². The molecule has 1 aromatic carbocycles. The van der Waals surface area contributed by atoms with Gasteiger partial charge in [0.1, 0.15) is 5.82 Å².